The number of fused-ring (bicyclic) bond motifs is 1. The lowest BCUT2D eigenvalue weighted by Gasteiger charge is -2.07. The molecular weight excluding hydrogens is 428 g/mol. The standard InChI is InChI=1S/C22H18N6O5/c1-14-20-21(33-26-14)18(11-15-6-3-2-4-7-15)25-27(22(20)30)13-19(29)24-23-12-16-8-5-9-17(10-16)28(31)32/h2-10,12H,11,13H2,1H3,(H,24,29)/b23-12-. The van der Waals surface area contributed by atoms with Gasteiger partial charge in [-0.3, -0.25) is 19.7 Å². The van der Waals surface area contributed by atoms with Gasteiger partial charge in [0.2, 0.25) is 0 Å². The number of nitro groups is 1. The highest BCUT2D eigenvalue weighted by molar-refractivity contribution is 5.83. The van der Waals surface area contributed by atoms with Gasteiger partial charge in [-0.05, 0) is 12.5 Å². The Balaban J connectivity index is 1.55. The van der Waals surface area contributed by atoms with Gasteiger partial charge in [0.05, 0.1) is 16.8 Å². The first kappa shape index (κ1) is 21.6. The number of aromatic nitrogens is 3. The third kappa shape index (κ3) is 4.82. The number of carbonyl (C=O) groups excluding carboxylic acids is 1. The van der Waals surface area contributed by atoms with E-state index >= 15 is 0 Å². The monoisotopic (exact) mass is 446 g/mol. The molecule has 33 heavy (non-hydrogen) atoms. The van der Waals surface area contributed by atoms with Crippen molar-refractivity contribution in [1.82, 2.24) is 20.4 Å². The number of non-ortho nitro benzene ring substituents is 1. The van der Waals surface area contributed by atoms with Crippen LogP contribution in [-0.2, 0) is 17.8 Å². The Morgan fingerprint density at radius 2 is 2.03 bits per heavy atom. The number of carbonyl (C=O) groups is 1. The molecular formula is C22H18N6O5. The number of nitrogens with one attached hydrogen (secondary N) is 1. The smallest absolute Gasteiger partial charge is 0.280 e. The van der Waals surface area contributed by atoms with Gasteiger partial charge in [0.15, 0.2) is 5.58 Å². The summed E-state index contributed by atoms with van der Waals surface area (Å²) < 4.78 is 6.38. The molecule has 1 amide bonds. The van der Waals surface area contributed by atoms with Crippen molar-refractivity contribution in [2.45, 2.75) is 19.9 Å². The molecule has 0 aliphatic carbocycles. The highest BCUT2D eigenvalue weighted by Gasteiger charge is 2.19. The van der Waals surface area contributed by atoms with Crippen LogP contribution < -0.4 is 11.0 Å². The molecule has 0 aliphatic heterocycles. The van der Waals surface area contributed by atoms with Gasteiger partial charge < -0.3 is 4.52 Å². The molecule has 1 N–H and O–H groups in total. The summed E-state index contributed by atoms with van der Waals surface area (Å²) in [5, 5.41) is 23.1. The van der Waals surface area contributed by atoms with Crippen LogP contribution in [0.25, 0.3) is 11.0 Å². The lowest BCUT2D eigenvalue weighted by molar-refractivity contribution is -0.384. The van der Waals surface area contributed by atoms with E-state index in [4.69, 9.17) is 4.52 Å². The van der Waals surface area contributed by atoms with Crippen molar-refractivity contribution in [1.29, 1.82) is 0 Å². The second-order valence-electron chi connectivity index (χ2n) is 7.19. The summed E-state index contributed by atoms with van der Waals surface area (Å²) in [6.45, 7) is 1.26. The van der Waals surface area contributed by atoms with Gasteiger partial charge in [-0.2, -0.15) is 10.2 Å². The predicted octanol–water partition coefficient (Wildman–Crippen LogP) is 2.34. The van der Waals surface area contributed by atoms with Gasteiger partial charge in [0.1, 0.15) is 17.6 Å². The quantitative estimate of drug-likeness (QED) is 0.260. The SMILES string of the molecule is Cc1noc2c(Cc3ccccc3)nn(CC(=O)N/N=C\c3cccc([N+](=O)[O-])c3)c(=O)c12. The van der Waals surface area contributed by atoms with Crippen LogP contribution in [0.4, 0.5) is 5.69 Å². The molecule has 0 bridgehead atoms. The molecule has 0 radical (unpaired) electrons. The minimum Gasteiger partial charge on any atom is -0.354 e. The largest absolute Gasteiger partial charge is 0.354 e. The van der Waals surface area contributed by atoms with Gasteiger partial charge in [-0.25, -0.2) is 10.1 Å². The molecule has 2 heterocycles. The Morgan fingerprint density at radius 1 is 1.24 bits per heavy atom. The van der Waals surface area contributed by atoms with Crippen LogP contribution in [0, 0.1) is 17.0 Å². The highest BCUT2D eigenvalue weighted by atomic mass is 16.6. The summed E-state index contributed by atoms with van der Waals surface area (Å²) in [5.74, 6) is -0.592. The minimum absolute atomic E-state index is 0.0932. The van der Waals surface area contributed by atoms with E-state index in [-0.39, 0.29) is 17.6 Å². The van der Waals surface area contributed by atoms with Gasteiger partial charge in [0.25, 0.3) is 17.2 Å². The third-order valence-electron chi connectivity index (χ3n) is 4.81. The molecule has 2 aromatic carbocycles. The molecule has 0 aliphatic rings. The Kier molecular flexibility index (Phi) is 6.02. The fraction of sp³-hybridized carbons (Fsp3) is 0.136. The summed E-state index contributed by atoms with van der Waals surface area (Å²) in [5.41, 5.74) is 4.28. The Hall–Kier alpha value is -4.67. The summed E-state index contributed by atoms with van der Waals surface area (Å²) in [6.07, 6.45) is 1.66. The lowest BCUT2D eigenvalue weighted by atomic mass is 10.1. The van der Waals surface area contributed by atoms with E-state index in [1.54, 1.807) is 13.0 Å². The average molecular weight is 446 g/mol. The van der Waals surface area contributed by atoms with Crippen LogP contribution in [0.2, 0.25) is 0 Å². The number of benzene rings is 2. The minimum atomic E-state index is -0.592. The molecule has 0 saturated carbocycles. The van der Waals surface area contributed by atoms with Gasteiger partial charge >= 0.3 is 0 Å². The van der Waals surface area contributed by atoms with E-state index in [9.17, 15) is 19.7 Å². The van der Waals surface area contributed by atoms with Crippen molar-refractivity contribution in [2.24, 2.45) is 5.10 Å². The van der Waals surface area contributed by atoms with Crippen LogP contribution in [0.15, 0.2) is 69.0 Å². The number of hydrazone groups is 1. The molecule has 0 fully saturated rings. The van der Waals surface area contributed by atoms with Crippen molar-refractivity contribution in [2.75, 3.05) is 0 Å². The highest BCUT2D eigenvalue weighted by Crippen LogP contribution is 2.19. The Labute approximate surface area is 186 Å². The number of rotatable bonds is 7. The molecule has 4 aromatic rings. The fourth-order valence-corrected chi connectivity index (χ4v) is 3.26. The third-order valence-corrected chi connectivity index (χ3v) is 4.81. The summed E-state index contributed by atoms with van der Waals surface area (Å²) in [6, 6.07) is 15.3. The fourth-order valence-electron chi connectivity index (χ4n) is 3.26. The summed E-state index contributed by atoms with van der Waals surface area (Å²) >= 11 is 0. The normalized spacial score (nSPS) is 11.2. The van der Waals surface area contributed by atoms with Crippen LogP contribution in [0.5, 0.6) is 0 Å². The topological polar surface area (TPSA) is 146 Å². The Morgan fingerprint density at radius 3 is 2.79 bits per heavy atom. The lowest BCUT2D eigenvalue weighted by Crippen LogP contribution is -2.32. The van der Waals surface area contributed by atoms with Crippen molar-refractivity contribution in [3.63, 3.8) is 0 Å². The maximum absolute atomic E-state index is 12.9. The zero-order valence-electron chi connectivity index (χ0n) is 17.5. The molecule has 11 heteroatoms. The molecule has 0 spiro atoms. The number of amides is 1. The van der Waals surface area contributed by atoms with Crippen LogP contribution >= 0.6 is 0 Å². The van der Waals surface area contributed by atoms with E-state index in [2.05, 4.69) is 20.8 Å². The molecule has 166 valence electrons. The van der Waals surface area contributed by atoms with E-state index in [1.165, 1.54) is 24.4 Å². The number of nitro benzene ring substituents is 1. The Bertz CT molecular complexity index is 1420. The van der Waals surface area contributed by atoms with E-state index in [1.807, 2.05) is 30.3 Å². The molecule has 0 atom stereocenters. The molecule has 2 aromatic heterocycles. The number of aryl methyl sites for hydroxylation is 1. The average Bonchev–Trinajstić information content (AvgIpc) is 3.20. The zero-order valence-corrected chi connectivity index (χ0v) is 17.5. The second kappa shape index (κ2) is 9.22. The maximum atomic E-state index is 12.9. The first-order valence-electron chi connectivity index (χ1n) is 9.88. The van der Waals surface area contributed by atoms with Crippen LogP contribution in [0.3, 0.4) is 0 Å². The predicted molar refractivity (Wildman–Crippen MR) is 119 cm³/mol. The second-order valence-corrected chi connectivity index (χ2v) is 7.19. The zero-order chi connectivity index (χ0) is 23.4. The number of nitrogens with zero attached hydrogens (tertiary/aromatic N) is 5. The van der Waals surface area contributed by atoms with Crippen LogP contribution in [-0.4, -0.2) is 32.0 Å². The summed E-state index contributed by atoms with van der Waals surface area (Å²) in [7, 11) is 0. The maximum Gasteiger partial charge on any atom is 0.280 e. The van der Waals surface area contributed by atoms with Crippen molar-refractivity contribution in [3.05, 3.63) is 97.6 Å². The first-order valence-corrected chi connectivity index (χ1v) is 9.88. The number of hydrogen-bond donors (Lipinski definition) is 1. The van der Waals surface area contributed by atoms with E-state index in [0.29, 0.717) is 29.0 Å². The van der Waals surface area contributed by atoms with Crippen molar-refractivity contribution in [3.8, 4) is 0 Å². The van der Waals surface area contributed by atoms with Crippen molar-refractivity contribution < 1.29 is 14.2 Å². The van der Waals surface area contributed by atoms with Gasteiger partial charge in [0, 0.05) is 24.1 Å². The van der Waals surface area contributed by atoms with E-state index < -0.39 is 16.4 Å². The first-order chi connectivity index (χ1) is 15.9. The number of hydrogen-bond acceptors (Lipinski definition) is 8. The van der Waals surface area contributed by atoms with E-state index in [0.717, 1.165) is 10.2 Å². The molecule has 11 nitrogen and oxygen atoms in total. The van der Waals surface area contributed by atoms with Crippen LogP contribution in [0.1, 0.15) is 22.5 Å². The molecule has 0 unspecified atom stereocenters. The molecule has 4 rings (SSSR count). The van der Waals surface area contributed by atoms with Gasteiger partial charge in [-0.1, -0.05) is 47.6 Å². The van der Waals surface area contributed by atoms with Crippen molar-refractivity contribution >= 4 is 28.8 Å². The summed E-state index contributed by atoms with van der Waals surface area (Å²) in [4.78, 5) is 35.6. The molecule has 0 saturated heterocycles. The van der Waals surface area contributed by atoms with Gasteiger partial charge in [-0.15, -0.1) is 0 Å².